The molecule has 9 heteroatoms. The highest BCUT2D eigenvalue weighted by Crippen LogP contribution is 2.36. The summed E-state index contributed by atoms with van der Waals surface area (Å²) in [5.41, 5.74) is 4.74. The van der Waals surface area contributed by atoms with Gasteiger partial charge < -0.3 is 15.6 Å². The van der Waals surface area contributed by atoms with Crippen LogP contribution in [0.25, 0.3) is 0 Å². The smallest absolute Gasteiger partial charge is 0.355 e. The van der Waals surface area contributed by atoms with Crippen LogP contribution in [0.3, 0.4) is 0 Å². The van der Waals surface area contributed by atoms with Crippen LogP contribution in [0.15, 0.2) is 39.0 Å². The number of carboxylic acid groups (broad SMARTS) is 2. The molecule has 3 heterocycles. The Labute approximate surface area is 128 Å². The number of hydrogen-bond acceptors (Lipinski definition) is 7. The molecule has 2 atom stereocenters. The monoisotopic (exact) mass is 325 g/mol. The van der Waals surface area contributed by atoms with Gasteiger partial charge in [-0.2, -0.15) is 0 Å². The number of hydrazine groups is 1. The number of rotatable bonds is 3. The van der Waals surface area contributed by atoms with Crippen LogP contribution in [0, 0.1) is 5.92 Å². The molecule has 110 valence electrons. The summed E-state index contributed by atoms with van der Waals surface area (Å²) in [6.07, 6.45) is 3.09. The highest BCUT2D eigenvalue weighted by Gasteiger charge is 2.36. The Morgan fingerprint density at radius 2 is 2.19 bits per heavy atom. The molecule has 3 N–H and O–H groups in total. The van der Waals surface area contributed by atoms with E-state index in [2.05, 4.69) is 10.4 Å². The maximum atomic E-state index is 11.4. The predicted octanol–water partition coefficient (Wildman–Crippen LogP) is 1.05. The number of carbonyl (C=O) groups is 2. The van der Waals surface area contributed by atoms with Gasteiger partial charge in [0.2, 0.25) is 0 Å². The summed E-state index contributed by atoms with van der Waals surface area (Å²) in [6.45, 7) is 0. The SMILES string of the molecule is O=C(O)C1=CS[C@@H](C2=CC3=CSCN3N2)C(C(=O)O)C=N1. The number of aliphatic carboxylic acids is 2. The lowest BCUT2D eigenvalue weighted by atomic mass is 10.0. The summed E-state index contributed by atoms with van der Waals surface area (Å²) < 4.78 is 0. The zero-order valence-corrected chi connectivity index (χ0v) is 12.2. The summed E-state index contributed by atoms with van der Waals surface area (Å²) in [4.78, 5) is 26.2. The van der Waals surface area contributed by atoms with Crippen molar-refractivity contribution in [2.75, 3.05) is 5.88 Å². The minimum Gasteiger partial charge on any atom is -0.481 e. The molecule has 0 aromatic rings. The van der Waals surface area contributed by atoms with Gasteiger partial charge in [-0.25, -0.2) is 4.79 Å². The van der Waals surface area contributed by atoms with Gasteiger partial charge in [-0.05, 0) is 11.5 Å². The highest BCUT2D eigenvalue weighted by molar-refractivity contribution is 8.03. The van der Waals surface area contributed by atoms with Crippen LogP contribution < -0.4 is 5.43 Å². The van der Waals surface area contributed by atoms with Crippen molar-refractivity contribution >= 4 is 41.7 Å². The molecule has 0 aromatic heterocycles. The number of allylic oxidation sites excluding steroid dienone is 1. The summed E-state index contributed by atoms with van der Waals surface area (Å²) in [6, 6.07) is 0. The van der Waals surface area contributed by atoms with Crippen molar-refractivity contribution in [3.8, 4) is 0 Å². The third-order valence-corrected chi connectivity index (χ3v) is 5.14. The Hall–Kier alpha value is -1.87. The molecule has 1 unspecified atom stereocenters. The van der Waals surface area contributed by atoms with Crippen LogP contribution in [0.4, 0.5) is 0 Å². The van der Waals surface area contributed by atoms with Gasteiger partial charge in [0.25, 0.3) is 0 Å². The molecule has 0 saturated carbocycles. The fourth-order valence-electron chi connectivity index (χ4n) is 2.09. The number of carboxylic acids is 2. The van der Waals surface area contributed by atoms with E-state index in [9.17, 15) is 14.7 Å². The first-order chi connectivity index (χ1) is 10.1. The number of aliphatic imine (C=N–C) groups is 1. The maximum absolute atomic E-state index is 11.4. The van der Waals surface area contributed by atoms with Crippen LogP contribution in [-0.4, -0.2) is 44.5 Å². The summed E-state index contributed by atoms with van der Waals surface area (Å²) in [7, 11) is 0. The summed E-state index contributed by atoms with van der Waals surface area (Å²) in [5.74, 6) is -2.34. The molecule has 0 aromatic carbocycles. The van der Waals surface area contributed by atoms with E-state index in [1.165, 1.54) is 11.6 Å². The van der Waals surface area contributed by atoms with Crippen molar-refractivity contribution in [2.45, 2.75) is 5.25 Å². The average Bonchev–Trinajstić information content (AvgIpc) is 2.92. The fraction of sp³-hybridized carbons (Fsp3) is 0.250. The number of nitrogens with one attached hydrogen (secondary N) is 1. The van der Waals surface area contributed by atoms with Gasteiger partial charge in [0.1, 0.15) is 5.92 Å². The zero-order valence-electron chi connectivity index (χ0n) is 10.6. The number of nitrogens with zero attached hydrogens (tertiary/aromatic N) is 2. The molecule has 0 amide bonds. The normalized spacial score (nSPS) is 27.2. The largest absolute Gasteiger partial charge is 0.481 e. The number of hydrogen-bond donors (Lipinski definition) is 3. The van der Waals surface area contributed by atoms with E-state index in [4.69, 9.17) is 5.11 Å². The second-order valence-electron chi connectivity index (χ2n) is 4.49. The molecule has 0 spiro atoms. The van der Waals surface area contributed by atoms with E-state index in [1.807, 2.05) is 16.5 Å². The Morgan fingerprint density at radius 3 is 2.86 bits per heavy atom. The molecular formula is C12H11N3O4S2. The summed E-state index contributed by atoms with van der Waals surface area (Å²) in [5, 5.41) is 23.2. The van der Waals surface area contributed by atoms with E-state index < -0.39 is 23.1 Å². The van der Waals surface area contributed by atoms with E-state index in [0.29, 0.717) is 0 Å². The molecule has 0 bridgehead atoms. The highest BCUT2D eigenvalue weighted by atomic mass is 32.2. The molecule has 3 rings (SSSR count). The molecule has 0 radical (unpaired) electrons. The molecule has 7 nitrogen and oxygen atoms in total. The molecule has 0 saturated heterocycles. The topological polar surface area (TPSA) is 102 Å². The second-order valence-corrected chi connectivity index (χ2v) is 6.33. The molecule has 3 aliphatic heterocycles. The van der Waals surface area contributed by atoms with E-state index in [0.717, 1.165) is 29.0 Å². The molecular weight excluding hydrogens is 314 g/mol. The quantitative estimate of drug-likeness (QED) is 0.707. The minimum atomic E-state index is -1.17. The molecule has 3 aliphatic rings. The van der Waals surface area contributed by atoms with Crippen molar-refractivity contribution < 1.29 is 19.8 Å². The van der Waals surface area contributed by atoms with Crippen molar-refractivity contribution in [1.29, 1.82) is 0 Å². The van der Waals surface area contributed by atoms with E-state index >= 15 is 0 Å². The van der Waals surface area contributed by atoms with Gasteiger partial charge in [0.05, 0.1) is 16.8 Å². The lowest BCUT2D eigenvalue weighted by Crippen LogP contribution is -2.36. The van der Waals surface area contributed by atoms with Crippen molar-refractivity contribution in [1.82, 2.24) is 10.4 Å². The number of fused-ring (bicyclic) bond motifs is 1. The Balaban J connectivity index is 1.90. The van der Waals surface area contributed by atoms with Gasteiger partial charge >= 0.3 is 11.9 Å². The standard InChI is InChI=1S/C12H11N3O4S2/c16-11(17)7-2-13-9(12(18)19)4-21-10(7)8-1-6-3-20-5-15(6)14-8/h1-4,7,10,14H,5H2,(H,16,17)(H,18,19)/t7?,10-/m1/s1. The van der Waals surface area contributed by atoms with Gasteiger partial charge in [0.15, 0.2) is 5.70 Å². The third kappa shape index (κ3) is 2.66. The fourth-order valence-corrected chi connectivity index (χ4v) is 3.96. The number of thioether (sulfide) groups is 2. The van der Waals surface area contributed by atoms with Gasteiger partial charge in [-0.3, -0.25) is 14.8 Å². The lowest BCUT2D eigenvalue weighted by Gasteiger charge is -2.22. The average molecular weight is 325 g/mol. The Kier molecular flexibility index (Phi) is 3.68. The van der Waals surface area contributed by atoms with Crippen molar-refractivity contribution in [3.05, 3.63) is 34.0 Å². The molecule has 0 aliphatic carbocycles. The van der Waals surface area contributed by atoms with Crippen LogP contribution in [-0.2, 0) is 9.59 Å². The van der Waals surface area contributed by atoms with Crippen molar-refractivity contribution in [2.24, 2.45) is 10.9 Å². The first-order valence-corrected chi connectivity index (χ1v) is 7.99. The lowest BCUT2D eigenvalue weighted by molar-refractivity contribution is -0.139. The first-order valence-electron chi connectivity index (χ1n) is 6.00. The maximum Gasteiger partial charge on any atom is 0.355 e. The first kappa shape index (κ1) is 14.1. The molecule has 21 heavy (non-hydrogen) atoms. The summed E-state index contributed by atoms with van der Waals surface area (Å²) >= 11 is 2.80. The zero-order chi connectivity index (χ0) is 15.0. The van der Waals surface area contributed by atoms with E-state index in [1.54, 1.807) is 11.8 Å². The minimum absolute atomic E-state index is 0.150. The van der Waals surface area contributed by atoms with Crippen LogP contribution in [0.2, 0.25) is 0 Å². The predicted molar refractivity (Wildman–Crippen MR) is 80.3 cm³/mol. The van der Waals surface area contributed by atoms with Crippen LogP contribution in [0.1, 0.15) is 0 Å². The Bertz CT molecular complexity index is 626. The van der Waals surface area contributed by atoms with Gasteiger partial charge in [0, 0.05) is 17.3 Å². The second kappa shape index (κ2) is 5.49. The Morgan fingerprint density at radius 1 is 1.38 bits per heavy atom. The van der Waals surface area contributed by atoms with Gasteiger partial charge in [-0.15, -0.1) is 23.5 Å². The van der Waals surface area contributed by atoms with E-state index in [-0.39, 0.29) is 5.70 Å². The third-order valence-electron chi connectivity index (χ3n) is 3.12. The molecule has 0 fully saturated rings. The van der Waals surface area contributed by atoms with Crippen molar-refractivity contribution in [3.63, 3.8) is 0 Å². The van der Waals surface area contributed by atoms with Crippen LogP contribution in [0.5, 0.6) is 0 Å². The van der Waals surface area contributed by atoms with Gasteiger partial charge in [-0.1, -0.05) is 0 Å². The van der Waals surface area contributed by atoms with Crippen LogP contribution >= 0.6 is 23.5 Å².